The van der Waals surface area contributed by atoms with Gasteiger partial charge in [-0.3, -0.25) is 4.79 Å². The van der Waals surface area contributed by atoms with E-state index in [0.29, 0.717) is 22.6 Å². The van der Waals surface area contributed by atoms with E-state index in [9.17, 15) is 14.7 Å². The van der Waals surface area contributed by atoms with E-state index in [1.807, 2.05) is 0 Å². The summed E-state index contributed by atoms with van der Waals surface area (Å²) in [6.07, 6.45) is 2.89. The van der Waals surface area contributed by atoms with Crippen LogP contribution in [0, 0.1) is 0 Å². The zero-order valence-corrected chi connectivity index (χ0v) is 14.8. The number of hydrogen-bond donors (Lipinski definition) is 4. The number of carbonyl (C=O) groups is 2. The molecule has 2 aromatic carbocycles. The zero-order valence-electron chi connectivity index (χ0n) is 14.8. The third-order valence-electron chi connectivity index (χ3n) is 3.71. The highest BCUT2D eigenvalue weighted by Crippen LogP contribution is 2.13. The third-order valence-corrected chi connectivity index (χ3v) is 3.71. The van der Waals surface area contributed by atoms with Gasteiger partial charge >= 0.3 is 6.03 Å². The Hall–Kier alpha value is -4.07. The van der Waals surface area contributed by atoms with Gasteiger partial charge in [0.15, 0.2) is 0 Å². The number of benzene rings is 2. The summed E-state index contributed by atoms with van der Waals surface area (Å²) in [5.74, 6) is 0.299. The van der Waals surface area contributed by atoms with Crippen LogP contribution in [-0.4, -0.2) is 23.3 Å². The van der Waals surface area contributed by atoms with Crippen LogP contribution in [0.1, 0.15) is 21.7 Å². The minimum absolute atomic E-state index is 0.0706. The summed E-state index contributed by atoms with van der Waals surface area (Å²) >= 11 is 0. The first-order chi connectivity index (χ1) is 13.6. The van der Waals surface area contributed by atoms with Crippen molar-refractivity contribution in [3.63, 3.8) is 0 Å². The number of rotatable bonds is 6. The number of carbonyl (C=O) groups excluding carboxylic acids is 2. The Morgan fingerprint density at radius 2 is 1.82 bits per heavy atom. The molecule has 0 aliphatic heterocycles. The van der Waals surface area contributed by atoms with E-state index in [4.69, 9.17) is 4.42 Å². The van der Waals surface area contributed by atoms with Crippen LogP contribution in [0.5, 0.6) is 5.75 Å². The molecule has 0 radical (unpaired) electrons. The van der Waals surface area contributed by atoms with Gasteiger partial charge in [-0.2, -0.15) is 5.10 Å². The minimum Gasteiger partial charge on any atom is -0.507 e. The number of phenols is 1. The Labute approximate surface area is 160 Å². The highest BCUT2D eigenvalue weighted by atomic mass is 16.3. The molecule has 0 bridgehead atoms. The van der Waals surface area contributed by atoms with Crippen LogP contribution >= 0.6 is 0 Å². The van der Waals surface area contributed by atoms with Crippen LogP contribution in [0.2, 0.25) is 0 Å². The number of urea groups is 1. The molecular formula is C20H18N4O4. The number of para-hydroxylation sites is 1. The predicted octanol–water partition coefficient (Wildman–Crippen LogP) is 3.07. The molecule has 0 atom stereocenters. The van der Waals surface area contributed by atoms with Gasteiger partial charge in [-0.1, -0.05) is 12.1 Å². The SMILES string of the molecule is O=C(NCc1ccco1)Nc1ccc(C(=O)N/N=C/c2ccccc2O)cc1. The smallest absolute Gasteiger partial charge is 0.319 e. The molecule has 0 spiro atoms. The standard InChI is InChI=1S/C20H18N4O4/c25-18-6-2-1-4-15(18)12-22-24-19(26)14-7-9-16(10-8-14)23-20(27)21-13-17-5-3-11-28-17/h1-12,25H,13H2,(H,24,26)(H2,21,23,27)/b22-12+. The molecule has 0 unspecified atom stereocenters. The van der Waals surface area contributed by atoms with Gasteiger partial charge in [0.1, 0.15) is 11.5 Å². The fourth-order valence-corrected chi connectivity index (χ4v) is 2.28. The number of amides is 3. The number of aromatic hydroxyl groups is 1. The van der Waals surface area contributed by atoms with Gasteiger partial charge in [-0.15, -0.1) is 0 Å². The van der Waals surface area contributed by atoms with E-state index in [1.165, 1.54) is 18.5 Å². The second-order valence-corrected chi connectivity index (χ2v) is 5.72. The maximum atomic E-state index is 12.1. The minimum atomic E-state index is -0.416. The zero-order chi connectivity index (χ0) is 19.8. The lowest BCUT2D eigenvalue weighted by atomic mass is 10.2. The molecule has 4 N–H and O–H groups in total. The molecule has 28 heavy (non-hydrogen) atoms. The van der Waals surface area contributed by atoms with E-state index < -0.39 is 5.91 Å². The van der Waals surface area contributed by atoms with Crippen LogP contribution in [0.25, 0.3) is 0 Å². The first kappa shape index (κ1) is 18.7. The summed E-state index contributed by atoms with van der Waals surface area (Å²) in [5, 5.41) is 18.8. The number of hydrogen-bond acceptors (Lipinski definition) is 5. The fraction of sp³-hybridized carbons (Fsp3) is 0.0500. The van der Waals surface area contributed by atoms with Crippen LogP contribution in [0.3, 0.4) is 0 Å². The van der Waals surface area contributed by atoms with Crippen molar-refractivity contribution >= 4 is 23.8 Å². The van der Waals surface area contributed by atoms with Gasteiger partial charge in [0.05, 0.1) is 19.0 Å². The summed E-state index contributed by atoms with van der Waals surface area (Å²) in [7, 11) is 0. The van der Waals surface area contributed by atoms with E-state index in [-0.39, 0.29) is 18.3 Å². The van der Waals surface area contributed by atoms with Crippen LogP contribution < -0.4 is 16.1 Å². The second kappa shape index (κ2) is 9.04. The average molecular weight is 378 g/mol. The summed E-state index contributed by atoms with van der Waals surface area (Å²) in [5.41, 5.74) is 3.77. The van der Waals surface area contributed by atoms with Gasteiger partial charge in [0.2, 0.25) is 0 Å². The van der Waals surface area contributed by atoms with Crippen molar-refractivity contribution in [2.75, 3.05) is 5.32 Å². The maximum Gasteiger partial charge on any atom is 0.319 e. The van der Waals surface area contributed by atoms with E-state index in [0.717, 1.165) is 0 Å². The van der Waals surface area contributed by atoms with E-state index in [2.05, 4.69) is 21.2 Å². The van der Waals surface area contributed by atoms with Gasteiger partial charge in [-0.25, -0.2) is 10.2 Å². The summed E-state index contributed by atoms with van der Waals surface area (Å²) < 4.78 is 5.13. The number of furan rings is 1. The summed E-state index contributed by atoms with van der Waals surface area (Å²) in [6.45, 7) is 0.272. The first-order valence-corrected chi connectivity index (χ1v) is 8.40. The predicted molar refractivity (Wildman–Crippen MR) is 104 cm³/mol. The fourth-order valence-electron chi connectivity index (χ4n) is 2.28. The van der Waals surface area contributed by atoms with Crippen molar-refractivity contribution in [1.82, 2.24) is 10.7 Å². The first-order valence-electron chi connectivity index (χ1n) is 8.40. The molecule has 0 aliphatic carbocycles. The molecule has 3 amide bonds. The highest BCUT2D eigenvalue weighted by Gasteiger charge is 2.06. The summed E-state index contributed by atoms with van der Waals surface area (Å²) in [6, 6.07) is 16.1. The topological polar surface area (TPSA) is 116 Å². The van der Waals surface area contributed by atoms with Crippen molar-refractivity contribution in [2.24, 2.45) is 5.10 Å². The van der Waals surface area contributed by atoms with Crippen molar-refractivity contribution in [3.8, 4) is 5.75 Å². The number of anilines is 1. The van der Waals surface area contributed by atoms with Gasteiger partial charge < -0.3 is 20.2 Å². The van der Waals surface area contributed by atoms with Crippen molar-refractivity contribution in [3.05, 3.63) is 83.8 Å². The van der Waals surface area contributed by atoms with Crippen molar-refractivity contribution in [2.45, 2.75) is 6.54 Å². The molecule has 0 aliphatic rings. The van der Waals surface area contributed by atoms with Crippen molar-refractivity contribution in [1.29, 1.82) is 0 Å². The molecule has 3 rings (SSSR count). The lowest BCUT2D eigenvalue weighted by molar-refractivity contribution is 0.0955. The molecule has 8 nitrogen and oxygen atoms in total. The number of hydrazone groups is 1. The van der Waals surface area contributed by atoms with Gasteiger partial charge in [0, 0.05) is 16.8 Å². The Kier molecular flexibility index (Phi) is 6.04. The molecule has 1 aromatic heterocycles. The van der Waals surface area contributed by atoms with Crippen LogP contribution in [0.15, 0.2) is 76.4 Å². The van der Waals surface area contributed by atoms with Gasteiger partial charge in [0.25, 0.3) is 5.91 Å². The normalized spacial score (nSPS) is 10.6. The summed E-state index contributed by atoms with van der Waals surface area (Å²) in [4.78, 5) is 23.9. The largest absolute Gasteiger partial charge is 0.507 e. The lowest BCUT2D eigenvalue weighted by Crippen LogP contribution is -2.28. The molecule has 0 saturated heterocycles. The molecule has 1 heterocycles. The average Bonchev–Trinajstić information content (AvgIpc) is 3.22. The molecule has 0 fully saturated rings. The monoisotopic (exact) mass is 378 g/mol. The van der Waals surface area contributed by atoms with Crippen molar-refractivity contribution < 1.29 is 19.1 Å². The molecule has 3 aromatic rings. The number of nitrogens with one attached hydrogen (secondary N) is 3. The van der Waals surface area contributed by atoms with E-state index >= 15 is 0 Å². The van der Waals surface area contributed by atoms with Crippen LogP contribution in [-0.2, 0) is 6.54 Å². The van der Waals surface area contributed by atoms with Gasteiger partial charge in [-0.05, 0) is 48.5 Å². The maximum absolute atomic E-state index is 12.1. The third kappa shape index (κ3) is 5.21. The quantitative estimate of drug-likeness (QED) is 0.390. The Bertz CT molecular complexity index is 966. The highest BCUT2D eigenvalue weighted by molar-refractivity contribution is 5.96. The molecular weight excluding hydrogens is 360 g/mol. The number of nitrogens with zero attached hydrogens (tertiary/aromatic N) is 1. The Balaban J connectivity index is 1.49. The number of phenolic OH excluding ortho intramolecular Hbond substituents is 1. The molecule has 8 heteroatoms. The lowest BCUT2D eigenvalue weighted by Gasteiger charge is -2.07. The molecule has 0 saturated carbocycles. The van der Waals surface area contributed by atoms with E-state index in [1.54, 1.807) is 54.6 Å². The van der Waals surface area contributed by atoms with Crippen LogP contribution in [0.4, 0.5) is 10.5 Å². The Morgan fingerprint density at radius 1 is 1.04 bits per heavy atom. The molecule has 142 valence electrons. The second-order valence-electron chi connectivity index (χ2n) is 5.72. The Morgan fingerprint density at radius 3 is 2.54 bits per heavy atom.